The normalized spacial score (nSPS) is 13.6. The second kappa shape index (κ2) is 11.5. The monoisotopic (exact) mass is 423 g/mol. The molecule has 158 valence electrons. The number of benzene rings is 3. The molecule has 0 saturated heterocycles. The van der Waals surface area contributed by atoms with E-state index < -0.39 is 11.9 Å². The van der Waals surface area contributed by atoms with Crippen molar-refractivity contribution in [3.05, 3.63) is 83.9 Å². The molecule has 30 heavy (non-hydrogen) atoms. The SMILES string of the molecule is CC(=O)SCC(C(=O)O)C(C)c1ccccc1.C[C@@H](N)c1cccc2ccccc12. The highest BCUT2D eigenvalue weighted by Gasteiger charge is 2.26. The Morgan fingerprint density at radius 3 is 2.13 bits per heavy atom. The Bertz CT molecular complexity index is 967. The van der Waals surface area contributed by atoms with Crippen LogP contribution in [-0.4, -0.2) is 21.9 Å². The van der Waals surface area contributed by atoms with Gasteiger partial charge in [-0.1, -0.05) is 91.5 Å². The second-order valence-corrected chi connectivity index (χ2v) is 8.50. The zero-order valence-electron chi connectivity index (χ0n) is 17.6. The van der Waals surface area contributed by atoms with Gasteiger partial charge in [0.2, 0.25) is 0 Å². The van der Waals surface area contributed by atoms with Crippen LogP contribution in [0.3, 0.4) is 0 Å². The number of hydrogen-bond donors (Lipinski definition) is 2. The zero-order valence-corrected chi connectivity index (χ0v) is 18.4. The van der Waals surface area contributed by atoms with Crippen LogP contribution >= 0.6 is 11.8 Å². The third kappa shape index (κ3) is 6.71. The Labute approximate surface area is 182 Å². The quantitative estimate of drug-likeness (QED) is 0.537. The van der Waals surface area contributed by atoms with Gasteiger partial charge in [0, 0.05) is 18.7 Å². The van der Waals surface area contributed by atoms with E-state index in [0.717, 1.165) is 17.3 Å². The number of fused-ring (bicyclic) bond motifs is 1. The number of aliphatic carboxylic acids is 1. The number of thioether (sulfide) groups is 1. The Kier molecular flexibility index (Phi) is 9.09. The largest absolute Gasteiger partial charge is 0.481 e. The maximum Gasteiger partial charge on any atom is 0.307 e. The number of hydrogen-bond acceptors (Lipinski definition) is 4. The van der Waals surface area contributed by atoms with Gasteiger partial charge in [-0.15, -0.1) is 0 Å². The van der Waals surface area contributed by atoms with E-state index in [4.69, 9.17) is 5.73 Å². The minimum absolute atomic E-state index is 0.0449. The second-order valence-electron chi connectivity index (χ2n) is 7.30. The lowest BCUT2D eigenvalue weighted by Gasteiger charge is -2.19. The van der Waals surface area contributed by atoms with Crippen LogP contribution in [0, 0.1) is 5.92 Å². The van der Waals surface area contributed by atoms with Gasteiger partial charge in [0.25, 0.3) is 0 Å². The molecular formula is C25H29NO3S. The first kappa shape index (κ1) is 23.6. The van der Waals surface area contributed by atoms with E-state index in [9.17, 15) is 14.7 Å². The molecule has 0 aliphatic heterocycles. The molecule has 0 heterocycles. The minimum atomic E-state index is -0.852. The molecule has 3 aromatic rings. The number of carboxylic acid groups (broad SMARTS) is 1. The molecule has 0 aliphatic carbocycles. The Hall–Kier alpha value is -2.63. The van der Waals surface area contributed by atoms with Crippen molar-refractivity contribution in [1.82, 2.24) is 0 Å². The summed E-state index contributed by atoms with van der Waals surface area (Å²) in [6, 6.07) is 24.2. The maximum atomic E-state index is 11.2. The van der Waals surface area contributed by atoms with Gasteiger partial charge >= 0.3 is 5.97 Å². The van der Waals surface area contributed by atoms with Crippen LogP contribution in [0.25, 0.3) is 10.8 Å². The molecule has 5 heteroatoms. The summed E-state index contributed by atoms with van der Waals surface area (Å²) in [6.45, 7) is 5.35. The molecule has 0 bridgehead atoms. The van der Waals surface area contributed by atoms with E-state index in [1.807, 2.05) is 56.3 Å². The number of carbonyl (C=O) groups excluding carboxylic acids is 1. The highest BCUT2D eigenvalue weighted by atomic mass is 32.2. The number of rotatable bonds is 6. The fraction of sp³-hybridized carbons (Fsp3) is 0.280. The van der Waals surface area contributed by atoms with Crippen molar-refractivity contribution in [3.8, 4) is 0 Å². The van der Waals surface area contributed by atoms with Crippen molar-refractivity contribution in [1.29, 1.82) is 0 Å². The zero-order chi connectivity index (χ0) is 22.1. The summed E-state index contributed by atoms with van der Waals surface area (Å²) in [5.74, 6) is -1.16. The molecule has 2 unspecified atom stereocenters. The lowest BCUT2D eigenvalue weighted by molar-refractivity contribution is -0.141. The Morgan fingerprint density at radius 2 is 1.53 bits per heavy atom. The maximum absolute atomic E-state index is 11.2. The van der Waals surface area contributed by atoms with Crippen molar-refractivity contribution in [2.24, 2.45) is 11.7 Å². The lowest BCUT2D eigenvalue weighted by Crippen LogP contribution is -2.23. The van der Waals surface area contributed by atoms with E-state index in [1.54, 1.807) is 0 Å². The van der Waals surface area contributed by atoms with Crippen LogP contribution in [0.2, 0.25) is 0 Å². The number of nitrogens with two attached hydrogens (primary N) is 1. The minimum Gasteiger partial charge on any atom is -0.481 e. The van der Waals surface area contributed by atoms with Crippen LogP contribution in [-0.2, 0) is 9.59 Å². The molecule has 3 atom stereocenters. The summed E-state index contributed by atoms with van der Waals surface area (Å²) in [5.41, 5.74) is 8.09. The molecular weight excluding hydrogens is 394 g/mol. The molecule has 0 aliphatic rings. The first-order chi connectivity index (χ1) is 14.3. The standard InChI is InChI=1S/C13H16O3S.C12H13N/c1-9(11-6-4-3-5-7-11)12(13(15)16)8-17-10(2)14;1-9(13)11-8-4-6-10-5-2-3-7-12(10)11/h3-7,9,12H,8H2,1-2H3,(H,15,16);2-9H,13H2,1H3/t;9-/m.1/s1. The molecule has 4 nitrogen and oxygen atoms in total. The molecule has 0 radical (unpaired) electrons. The fourth-order valence-electron chi connectivity index (χ4n) is 3.27. The predicted octanol–water partition coefficient (Wildman–Crippen LogP) is 5.63. The predicted molar refractivity (Wildman–Crippen MR) is 126 cm³/mol. The summed E-state index contributed by atoms with van der Waals surface area (Å²) >= 11 is 1.07. The van der Waals surface area contributed by atoms with E-state index in [1.165, 1.54) is 23.3 Å². The third-order valence-corrected chi connectivity index (χ3v) is 5.96. The molecule has 0 aromatic heterocycles. The van der Waals surface area contributed by atoms with Crippen LogP contribution in [0.15, 0.2) is 72.8 Å². The average molecular weight is 424 g/mol. The molecule has 0 spiro atoms. The van der Waals surface area contributed by atoms with Gasteiger partial charge in [-0.2, -0.15) is 0 Å². The van der Waals surface area contributed by atoms with Crippen molar-refractivity contribution in [2.75, 3.05) is 5.75 Å². The molecule has 3 aromatic carbocycles. The summed E-state index contributed by atoms with van der Waals surface area (Å²) in [4.78, 5) is 22.1. The van der Waals surface area contributed by atoms with Crippen molar-refractivity contribution >= 4 is 33.6 Å². The van der Waals surface area contributed by atoms with Crippen LogP contribution in [0.5, 0.6) is 0 Å². The Morgan fingerprint density at radius 1 is 0.933 bits per heavy atom. The highest BCUT2D eigenvalue weighted by Crippen LogP contribution is 2.27. The summed E-state index contributed by atoms with van der Waals surface area (Å²) in [5, 5.41) is 11.7. The van der Waals surface area contributed by atoms with E-state index in [0.29, 0.717) is 5.75 Å². The lowest BCUT2D eigenvalue weighted by atomic mass is 9.89. The van der Waals surface area contributed by atoms with Crippen LogP contribution in [0.1, 0.15) is 43.9 Å². The van der Waals surface area contributed by atoms with Gasteiger partial charge in [0.1, 0.15) is 0 Å². The molecule has 0 saturated carbocycles. The van der Waals surface area contributed by atoms with Gasteiger partial charge < -0.3 is 10.8 Å². The van der Waals surface area contributed by atoms with Crippen molar-refractivity contribution < 1.29 is 14.7 Å². The van der Waals surface area contributed by atoms with E-state index in [2.05, 4.69) is 30.3 Å². The summed E-state index contributed by atoms with van der Waals surface area (Å²) in [6.07, 6.45) is 0. The first-order valence-corrected chi connectivity index (χ1v) is 10.9. The van der Waals surface area contributed by atoms with Gasteiger partial charge in [0.15, 0.2) is 5.12 Å². The smallest absolute Gasteiger partial charge is 0.307 e. The average Bonchev–Trinajstić information content (AvgIpc) is 2.74. The van der Waals surface area contributed by atoms with Gasteiger partial charge in [-0.25, -0.2) is 0 Å². The molecule has 3 rings (SSSR count). The van der Waals surface area contributed by atoms with Crippen molar-refractivity contribution in [2.45, 2.75) is 32.7 Å². The van der Waals surface area contributed by atoms with Crippen molar-refractivity contribution in [3.63, 3.8) is 0 Å². The molecule has 0 fully saturated rings. The molecule has 3 N–H and O–H groups in total. The van der Waals surface area contributed by atoms with E-state index in [-0.39, 0.29) is 17.1 Å². The van der Waals surface area contributed by atoms with Gasteiger partial charge in [0.05, 0.1) is 5.92 Å². The number of carbonyl (C=O) groups is 2. The summed E-state index contributed by atoms with van der Waals surface area (Å²) in [7, 11) is 0. The third-order valence-electron chi connectivity index (χ3n) is 5.03. The fourth-order valence-corrected chi connectivity index (χ4v) is 4.12. The van der Waals surface area contributed by atoms with E-state index >= 15 is 0 Å². The highest BCUT2D eigenvalue weighted by molar-refractivity contribution is 8.13. The van der Waals surface area contributed by atoms with Crippen LogP contribution in [0.4, 0.5) is 0 Å². The Balaban J connectivity index is 0.000000220. The first-order valence-electron chi connectivity index (χ1n) is 9.95. The molecule has 0 amide bonds. The summed E-state index contributed by atoms with van der Waals surface area (Å²) < 4.78 is 0. The van der Waals surface area contributed by atoms with Gasteiger partial charge in [-0.05, 0) is 34.7 Å². The topological polar surface area (TPSA) is 80.4 Å². The number of carboxylic acids is 1. The van der Waals surface area contributed by atoms with Crippen LogP contribution < -0.4 is 5.73 Å². The van der Waals surface area contributed by atoms with Gasteiger partial charge in [-0.3, -0.25) is 9.59 Å².